The Morgan fingerprint density at radius 1 is 1.28 bits per heavy atom. The van der Waals surface area contributed by atoms with Gasteiger partial charge in [0.15, 0.2) is 5.82 Å². The molecule has 0 fully saturated rings. The summed E-state index contributed by atoms with van der Waals surface area (Å²) in [5.41, 5.74) is 2.34. The molecule has 1 aromatic rings. The number of hydrogen-bond acceptors (Lipinski definition) is 5. The smallest absolute Gasteiger partial charge is 0.214 e. The van der Waals surface area contributed by atoms with Gasteiger partial charge in [0.2, 0.25) is 5.78 Å². The van der Waals surface area contributed by atoms with Crippen LogP contribution in [0.3, 0.4) is 0 Å². The van der Waals surface area contributed by atoms with Crippen LogP contribution in [0.5, 0.6) is 0 Å². The maximum Gasteiger partial charge on any atom is 0.214 e. The Labute approximate surface area is 104 Å². The second kappa shape index (κ2) is 3.73. The monoisotopic (exact) mass is 238 g/mol. The predicted octanol–water partition coefficient (Wildman–Crippen LogP) is 1.82. The number of rotatable bonds is 1. The number of fused-ring (bicyclic) bond motifs is 3. The Morgan fingerprint density at radius 3 is 2.72 bits per heavy atom. The SMILES string of the molecule is C=C1N=C2C(=O)c3ccccc3C2=NN1/N=C\C. The summed E-state index contributed by atoms with van der Waals surface area (Å²) in [6.07, 6.45) is 1.60. The van der Waals surface area contributed by atoms with Crippen LogP contribution in [0.4, 0.5) is 0 Å². The Kier molecular flexibility index (Phi) is 2.19. The summed E-state index contributed by atoms with van der Waals surface area (Å²) in [6, 6.07) is 7.33. The van der Waals surface area contributed by atoms with Gasteiger partial charge in [0.25, 0.3) is 0 Å². The highest BCUT2D eigenvalue weighted by molar-refractivity contribution is 6.78. The molecule has 0 amide bonds. The lowest BCUT2D eigenvalue weighted by molar-refractivity contribution is 0.106. The van der Waals surface area contributed by atoms with Crippen molar-refractivity contribution in [2.75, 3.05) is 0 Å². The number of aliphatic imine (C=N–C) groups is 1. The maximum absolute atomic E-state index is 12.1. The largest absolute Gasteiger partial charge is 0.287 e. The van der Waals surface area contributed by atoms with Gasteiger partial charge in [0.05, 0.1) is 0 Å². The van der Waals surface area contributed by atoms with Crippen molar-refractivity contribution in [1.29, 1.82) is 0 Å². The third kappa shape index (κ3) is 1.34. The molecule has 0 saturated carbocycles. The van der Waals surface area contributed by atoms with Crippen molar-refractivity contribution in [1.82, 2.24) is 5.12 Å². The lowest BCUT2D eigenvalue weighted by atomic mass is 10.1. The van der Waals surface area contributed by atoms with Gasteiger partial charge in [-0.1, -0.05) is 30.8 Å². The van der Waals surface area contributed by atoms with Gasteiger partial charge in [-0.25, -0.2) is 4.99 Å². The molecule has 88 valence electrons. The van der Waals surface area contributed by atoms with Crippen molar-refractivity contribution < 1.29 is 4.79 Å². The number of Topliss-reactive ketones (excluding diaryl/α,β-unsaturated/α-hetero) is 1. The van der Waals surface area contributed by atoms with E-state index in [1.807, 2.05) is 18.2 Å². The zero-order chi connectivity index (χ0) is 12.7. The molecule has 1 aliphatic heterocycles. The normalized spacial score (nSPS) is 17.7. The van der Waals surface area contributed by atoms with E-state index in [1.54, 1.807) is 19.2 Å². The molecule has 5 heteroatoms. The zero-order valence-corrected chi connectivity index (χ0v) is 9.79. The summed E-state index contributed by atoms with van der Waals surface area (Å²) >= 11 is 0. The van der Waals surface area contributed by atoms with Crippen molar-refractivity contribution >= 4 is 23.4 Å². The van der Waals surface area contributed by atoms with Crippen LogP contribution in [-0.2, 0) is 0 Å². The van der Waals surface area contributed by atoms with E-state index in [4.69, 9.17) is 0 Å². The first-order valence-corrected chi connectivity index (χ1v) is 5.52. The van der Waals surface area contributed by atoms with Gasteiger partial charge >= 0.3 is 0 Å². The van der Waals surface area contributed by atoms with Crippen LogP contribution in [0.2, 0.25) is 0 Å². The van der Waals surface area contributed by atoms with Crippen molar-refractivity contribution in [2.45, 2.75) is 6.92 Å². The molecule has 0 N–H and O–H groups in total. The Balaban J connectivity index is 2.19. The van der Waals surface area contributed by atoms with E-state index in [-0.39, 0.29) is 5.78 Å². The predicted molar refractivity (Wildman–Crippen MR) is 69.9 cm³/mol. The molecular formula is C13H10N4O. The highest BCUT2D eigenvalue weighted by Gasteiger charge is 2.36. The molecule has 0 spiro atoms. The molecule has 0 aromatic heterocycles. The molecule has 18 heavy (non-hydrogen) atoms. The molecular weight excluding hydrogens is 228 g/mol. The minimum Gasteiger partial charge on any atom is -0.287 e. The molecule has 0 bridgehead atoms. The number of nitrogens with zero attached hydrogens (tertiary/aromatic N) is 4. The molecule has 0 saturated heterocycles. The molecule has 5 nitrogen and oxygen atoms in total. The van der Waals surface area contributed by atoms with Gasteiger partial charge in [0.1, 0.15) is 11.4 Å². The summed E-state index contributed by atoms with van der Waals surface area (Å²) in [5, 5.41) is 9.66. The van der Waals surface area contributed by atoms with E-state index in [2.05, 4.69) is 21.8 Å². The van der Waals surface area contributed by atoms with Gasteiger partial charge in [-0.05, 0) is 6.92 Å². The van der Waals surface area contributed by atoms with Crippen LogP contribution in [0.15, 0.2) is 51.9 Å². The highest BCUT2D eigenvalue weighted by atomic mass is 16.1. The van der Waals surface area contributed by atoms with Gasteiger partial charge in [-0.2, -0.15) is 5.10 Å². The first-order chi connectivity index (χ1) is 8.72. The standard InChI is InChI=1S/C13H10N4O/c1-3-14-17-8(2)15-12-11(16-17)9-6-4-5-7-10(9)13(12)18/h3-7H,2H2,1H3/b14-3-. The quantitative estimate of drug-likeness (QED) is 0.701. The van der Waals surface area contributed by atoms with E-state index in [0.717, 1.165) is 5.56 Å². The fourth-order valence-corrected chi connectivity index (χ4v) is 1.98. The Hall–Kier alpha value is -2.56. The van der Waals surface area contributed by atoms with Crippen molar-refractivity contribution in [3.63, 3.8) is 0 Å². The van der Waals surface area contributed by atoms with E-state index in [1.165, 1.54) is 5.12 Å². The maximum atomic E-state index is 12.1. The molecule has 1 aliphatic carbocycles. The molecule has 0 radical (unpaired) electrons. The molecule has 3 rings (SSSR count). The molecule has 1 heterocycles. The summed E-state index contributed by atoms with van der Waals surface area (Å²) in [4.78, 5) is 16.3. The van der Waals surface area contributed by atoms with Crippen LogP contribution in [0.25, 0.3) is 0 Å². The van der Waals surface area contributed by atoms with Crippen molar-refractivity contribution in [3.8, 4) is 0 Å². The van der Waals surface area contributed by atoms with E-state index >= 15 is 0 Å². The fourth-order valence-electron chi connectivity index (χ4n) is 1.98. The van der Waals surface area contributed by atoms with E-state index in [0.29, 0.717) is 22.8 Å². The van der Waals surface area contributed by atoms with E-state index < -0.39 is 0 Å². The van der Waals surface area contributed by atoms with E-state index in [9.17, 15) is 4.79 Å². The van der Waals surface area contributed by atoms with Crippen molar-refractivity contribution in [2.24, 2.45) is 15.2 Å². The Bertz CT molecular complexity index is 655. The number of ketones is 1. The lowest BCUT2D eigenvalue weighted by Gasteiger charge is -2.17. The first kappa shape index (κ1) is 10.6. The third-order valence-corrected chi connectivity index (χ3v) is 2.76. The average Bonchev–Trinajstić information content (AvgIpc) is 2.65. The summed E-state index contributed by atoms with van der Waals surface area (Å²) < 4.78 is 0. The lowest BCUT2D eigenvalue weighted by Crippen LogP contribution is -2.25. The van der Waals surface area contributed by atoms with Gasteiger partial charge in [-0.15, -0.1) is 10.2 Å². The van der Waals surface area contributed by atoms with Gasteiger partial charge in [-0.3, -0.25) is 4.79 Å². The van der Waals surface area contributed by atoms with Crippen LogP contribution in [0, 0.1) is 0 Å². The summed E-state index contributed by atoms with van der Waals surface area (Å²) in [5.74, 6) is 0.235. The second-order valence-corrected chi connectivity index (χ2v) is 3.86. The minimum atomic E-state index is -0.106. The zero-order valence-electron chi connectivity index (χ0n) is 9.79. The first-order valence-electron chi connectivity index (χ1n) is 5.52. The topological polar surface area (TPSA) is 57.4 Å². The third-order valence-electron chi connectivity index (χ3n) is 2.76. The molecule has 2 aliphatic rings. The second-order valence-electron chi connectivity index (χ2n) is 3.86. The Morgan fingerprint density at radius 2 is 2.00 bits per heavy atom. The molecule has 1 aromatic carbocycles. The van der Waals surface area contributed by atoms with Crippen LogP contribution in [-0.4, -0.2) is 28.5 Å². The van der Waals surface area contributed by atoms with Crippen molar-refractivity contribution in [3.05, 3.63) is 47.8 Å². The number of benzene rings is 1. The van der Waals surface area contributed by atoms with Crippen LogP contribution < -0.4 is 0 Å². The highest BCUT2D eigenvalue weighted by Crippen LogP contribution is 2.26. The number of carbonyl (C=O) groups is 1. The summed E-state index contributed by atoms with van der Waals surface area (Å²) in [7, 11) is 0. The minimum absolute atomic E-state index is 0.106. The molecule has 0 unspecified atom stereocenters. The number of hydrogen-bond donors (Lipinski definition) is 0. The van der Waals surface area contributed by atoms with Crippen LogP contribution in [0.1, 0.15) is 22.8 Å². The average molecular weight is 238 g/mol. The van der Waals surface area contributed by atoms with Gasteiger partial charge in [0, 0.05) is 17.3 Å². The fraction of sp³-hybridized carbons (Fsp3) is 0.0769. The summed E-state index contributed by atoms with van der Waals surface area (Å²) in [6.45, 7) is 5.52. The molecule has 0 atom stereocenters. The number of carbonyl (C=O) groups excluding carboxylic acids is 1. The van der Waals surface area contributed by atoms with Gasteiger partial charge < -0.3 is 0 Å². The number of hydrazone groups is 2. The van der Waals surface area contributed by atoms with Crippen LogP contribution >= 0.6 is 0 Å².